The highest BCUT2D eigenvalue weighted by atomic mass is 32.1. The number of thiazole rings is 1. The second kappa shape index (κ2) is 5.73. The maximum atomic E-state index is 12.1. The lowest BCUT2D eigenvalue weighted by molar-refractivity contribution is 0.0517. The number of hydrogen-bond donors (Lipinski definition) is 0. The van der Waals surface area contributed by atoms with Crippen LogP contribution in [0.15, 0.2) is 41.2 Å². The van der Waals surface area contributed by atoms with Gasteiger partial charge in [-0.15, -0.1) is 0 Å². The number of nitrogens with zero attached hydrogens (tertiary/aromatic N) is 2. The lowest BCUT2D eigenvalue weighted by atomic mass is 10.1. The molecule has 0 bridgehead atoms. The number of benzene rings is 1. The van der Waals surface area contributed by atoms with Gasteiger partial charge < -0.3 is 4.74 Å². The Morgan fingerprint density at radius 3 is 2.73 bits per heavy atom. The minimum absolute atomic E-state index is 0.216. The molecule has 0 saturated carbocycles. The van der Waals surface area contributed by atoms with Gasteiger partial charge >= 0.3 is 5.97 Å². The summed E-state index contributed by atoms with van der Waals surface area (Å²) in [6.45, 7) is 3.89. The van der Waals surface area contributed by atoms with Crippen LogP contribution in [0.4, 0.5) is 0 Å². The number of aromatic nitrogens is 2. The van der Waals surface area contributed by atoms with Crippen molar-refractivity contribution in [2.75, 3.05) is 6.61 Å². The Balaban J connectivity index is 2.28. The van der Waals surface area contributed by atoms with E-state index >= 15 is 0 Å². The molecule has 3 rings (SSSR count). The summed E-state index contributed by atoms with van der Waals surface area (Å²) in [7, 11) is 0. The summed E-state index contributed by atoms with van der Waals surface area (Å²) in [6, 6.07) is 11.0. The van der Waals surface area contributed by atoms with Gasteiger partial charge in [-0.25, -0.2) is 4.79 Å². The van der Waals surface area contributed by atoms with Gasteiger partial charge in [0.1, 0.15) is 5.69 Å². The fraction of sp³-hybridized carbons (Fsp3) is 0.188. The number of rotatable bonds is 3. The first-order chi connectivity index (χ1) is 10.6. The smallest absolute Gasteiger partial charge is 0.355 e. The van der Waals surface area contributed by atoms with Crippen LogP contribution in [0.3, 0.4) is 0 Å². The van der Waals surface area contributed by atoms with Gasteiger partial charge in [-0.1, -0.05) is 41.7 Å². The van der Waals surface area contributed by atoms with Crippen LogP contribution in [0.5, 0.6) is 0 Å². The molecule has 0 atom stereocenters. The average molecular weight is 314 g/mol. The summed E-state index contributed by atoms with van der Waals surface area (Å²) < 4.78 is 6.73. The third-order valence-electron chi connectivity index (χ3n) is 3.28. The predicted octanol–water partition coefficient (Wildman–Crippen LogP) is 2.91. The molecule has 3 aromatic rings. The van der Waals surface area contributed by atoms with E-state index in [9.17, 15) is 9.59 Å². The lowest BCUT2D eigenvalue weighted by Crippen LogP contribution is -2.17. The molecule has 0 N–H and O–H groups in total. The molecule has 2 aromatic heterocycles. The molecule has 5 nitrogen and oxygen atoms in total. The van der Waals surface area contributed by atoms with Crippen LogP contribution in [0.2, 0.25) is 0 Å². The summed E-state index contributed by atoms with van der Waals surface area (Å²) in [5.41, 5.74) is 1.66. The molecule has 22 heavy (non-hydrogen) atoms. The van der Waals surface area contributed by atoms with Crippen LogP contribution in [0.25, 0.3) is 15.4 Å². The third-order valence-corrected chi connectivity index (χ3v) is 4.47. The minimum atomic E-state index is -0.516. The first kappa shape index (κ1) is 14.5. The van der Waals surface area contributed by atoms with E-state index in [1.54, 1.807) is 11.3 Å². The quantitative estimate of drug-likeness (QED) is 0.697. The maximum Gasteiger partial charge on any atom is 0.355 e. The highest BCUT2D eigenvalue weighted by Gasteiger charge is 2.19. The van der Waals surface area contributed by atoms with Crippen molar-refractivity contribution in [1.29, 1.82) is 0 Å². The Bertz CT molecular complexity index is 897. The summed E-state index contributed by atoms with van der Waals surface area (Å²) in [5, 5.41) is 0. The van der Waals surface area contributed by atoms with Gasteiger partial charge in [-0.2, -0.15) is 4.98 Å². The molecule has 0 unspecified atom stereocenters. The van der Waals surface area contributed by atoms with E-state index in [2.05, 4.69) is 4.98 Å². The van der Waals surface area contributed by atoms with Gasteiger partial charge in [0.15, 0.2) is 4.96 Å². The van der Waals surface area contributed by atoms with Crippen molar-refractivity contribution in [1.82, 2.24) is 9.38 Å². The zero-order valence-corrected chi connectivity index (χ0v) is 13.0. The highest BCUT2D eigenvalue weighted by Crippen LogP contribution is 2.32. The Morgan fingerprint density at radius 2 is 2.05 bits per heavy atom. The predicted molar refractivity (Wildman–Crippen MR) is 85.5 cm³/mol. The topological polar surface area (TPSA) is 60.7 Å². The summed E-state index contributed by atoms with van der Waals surface area (Å²) in [4.78, 5) is 29.3. The van der Waals surface area contributed by atoms with E-state index in [4.69, 9.17) is 4.74 Å². The first-order valence-electron chi connectivity index (χ1n) is 6.87. The van der Waals surface area contributed by atoms with E-state index in [0.717, 1.165) is 16.1 Å². The van der Waals surface area contributed by atoms with Crippen LogP contribution < -0.4 is 5.56 Å². The molecule has 0 amide bonds. The first-order valence-corrected chi connectivity index (χ1v) is 7.69. The van der Waals surface area contributed by atoms with Crippen molar-refractivity contribution < 1.29 is 9.53 Å². The largest absolute Gasteiger partial charge is 0.461 e. The van der Waals surface area contributed by atoms with Gasteiger partial charge in [0.2, 0.25) is 0 Å². The molecule has 112 valence electrons. The van der Waals surface area contributed by atoms with Gasteiger partial charge in [0, 0.05) is 11.8 Å². The monoisotopic (exact) mass is 314 g/mol. The Morgan fingerprint density at radius 1 is 1.32 bits per heavy atom. The number of carbonyl (C=O) groups excluding carboxylic acids is 1. The van der Waals surface area contributed by atoms with Crippen LogP contribution in [0.1, 0.15) is 23.1 Å². The number of hydrogen-bond acceptors (Lipinski definition) is 5. The lowest BCUT2D eigenvalue weighted by Gasteiger charge is -2.06. The second-order valence-electron chi connectivity index (χ2n) is 4.70. The Hall–Kier alpha value is -2.47. The van der Waals surface area contributed by atoms with Crippen molar-refractivity contribution in [3.8, 4) is 10.4 Å². The van der Waals surface area contributed by atoms with Crippen LogP contribution >= 0.6 is 11.3 Å². The number of esters is 1. The molecule has 0 aliphatic heterocycles. The van der Waals surface area contributed by atoms with Crippen molar-refractivity contribution in [2.24, 2.45) is 0 Å². The van der Waals surface area contributed by atoms with Crippen molar-refractivity contribution in [3.05, 3.63) is 58.1 Å². The SMILES string of the molecule is CCOC(=O)c1cc(=O)nc2sc(-c3ccccc3)c(C)n12. The van der Waals surface area contributed by atoms with Gasteiger partial charge in [0.05, 0.1) is 11.5 Å². The number of carbonyl (C=O) groups is 1. The summed E-state index contributed by atoms with van der Waals surface area (Å²) in [5.74, 6) is -0.516. The molecule has 0 saturated heterocycles. The molecule has 2 heterocycles. The number of fused-ring (bicyclic) bond motifs is 1. The van der Waals surface area contributed by atoms with Crippen LogP contribution in [-0.4, -0.2) is 22.0 Å². The molecule has 0 aliphatic carbocycles. The molecule has 0 fully saturated rings. The fourth-order valence-electron chi connectivity index (χ4n) is 2.33. The van der Waals surface area contributed by atoms with E-state index < -0.39 is 11.5 Å². The zero-order valence-electron chi connectivity index (χ0n) is 12.2. The molecule has 0 spiro atoms. The molecular weight excluding hydrogens is 300 g/mol. The van der Waals surface area contributed by atoms with Gasteiger partial charge in [-0.05, 0) is 19.4 Å². The van der Waals surface area contributed by atoms with Gasteiger partial charge in [-0.3, -0.25) is 9.20 Å². The normalized spacial score (nSPS) is 10.8. The van der Waals surface area contributed by atoms with Crippen LogP contribution in [0, 0.1) is 6.92 Å². The Labute approximate surface area is 130 Å². The zero-order chi connectivity index (χ0) is 15.7. The van der Waals surface area contributed by atoms with E-state index in [1.807, 2.05) is 37.3 Å². The van der Waals surface area contributed by atoms with E-state index in [1.165, 1.54) is 17.4 Å². The molecule has 1 aromatic carbocycles. The fourth-order valence-corrected chi connectivity index (χ4v) is 3.47. The second-order valence-corrected chi connectivity index (χ2v) is 5.68. The molecular formula is C16H14N2O3S. The minimum Gasteiger partial charge on any atom is -0.461 e. The van der Waals surface area contributed by atoms with E-state index in [-0.39, 0.29) is 12.3 Å². The standard InChI is InChI=1S/C16H14N2O3S/c1-3-21-15(20)12-9-13(19)17-16-18(12)10(2)14(22-16)11-7-5-4-6-8-11/h4-9H,3H2,1-2H3. The number of ether oxygens (including phenoxy) is 1. The van der Waals surface area contributed by atoms with Crippen LogP contribution in [-0.2, 0) is 4.74 Å². The van der Waals surface area contributed by atoms with Crippen molar-refractivity contribution in [3.63, 3.8) is 0 Å². The average Bonchev–Trinajstić information content (AvgIpc) is 2.84. The maximum absolute atomic E-state index is 12.1. The van der Waals surface area contributed by atoms with Gasteiger partial charge in [0.25, 0.3) is 5.56 Å². The summed E-state index contributed by atoms with van der Waals surface area (Å²) in [6.07, 6.45) is 0. The summed E-state index contributed by atoms with van der Waals surface area (Å²) >= 11 is 1.38. The van der Waals surface area contributed by atoms with Crippen molar-refractivity contribution >= 4 is 22.3 Å². The highest BCUT2D eigenvalue weighted by molar-refractivity contribution is 7.20. The molecule has 0 aliphatic rings. The van der Waals surface area contributed by atoms with Crippen molar-refractivity contribution in [2.45, 2.75) is 13.8 Å². The van der Waals surface area contributed by atoms with E-state index in [0.29, 0.717) is 4.96 Å². The molecule has 0 radical (unpaired) electrons. The third kappa shape index (κ3) is 2.42. The number of aryl methyl sites for hydroxylation is 1. The molecule has 6 heteroatoms. The Kier molecular flexibility index (Phi) is 3.77.